The number of anilines is 3. The van der Waals surface area contributed by atoms with Crippen molar-refractivity contribution in [1.29, 1.82) is 0 Å². The monoisotopic (exact) mass is 600 g/mol. The molecule has 3 aromatic carbocycles. The molecule has 10 nitrogen and oxygen atoms in total. The first kappa shape index (κ1) is 28.2. The molecule has 3 N–H and O–H groups in total. The number of fused-ring (bicyclic) bond motifs is 3. The summed E-state index contributed by atoms with van der Waals surface area (Å²) in [5, 5.41) is 15.7. The Bertz CT molecular complexity index is 2100. The molecule has 0 saturated carbocycles. The lowest BCUT2D eigenvalue weighted by molar-refractivity contribution is 0.101. The highest BCUT2D eigenvalue weighted by Gasteiger charge is 2.18. The molecule has 3 aromatic heterocycles. The summed E-state index contributed by atoms with van der Waals surface area (Å²) in [6.07, 6.45) is 4.88. The molecule has 226 valence electrons. The minimum Gasteiger partial charge on any atom is -0.393 e. The van der Waals surface area contributed by atoms with Gasteiger partial charge >= 0.3 is 0 Å². The van der Waals surface area contributed by atoms with Gasteiger partial charge < -0.3 is 29.6 Å². The van der Waals surface area contributed by atoms with Gasteiger partial charge in [0.2, 0.25) is 0 Å². The average Bonchev–Trinajstić information content (AvgIpc) is 3.73. The molecule has 7 rings (SSSR count). The van der Waals surface area contributed by atoms with Crippen molar-refractivity contribution in [1.82, 2.24) is 13.5 Å². The number of aliphatic hydroxyl groups is 1. The van der Waals surface area contributed by atoms with Crippen molar-refractivity contribution in [2.75, 3.05) is 28.6 Å². The molecule has 1 saturated heterocycles. The van der Waals surface area contributed by atoms with Crippen LogP contribution in [0.3, 0.4) is 0 Å². The van der Waals surface area contributed by atoms with E-state index in [2.05, 4.69) is 15.5 Å². The molecule has 10 heteroatoms. The summed E-state index contributed by atoms with van der Waals surface area (Å²) < 4.78 is 5.21. The number of carbonyl (C=O) groups is 2. The van der Waals surface area contributed by atoms with Crippen LogP contribution in [-0.2, 0) is 7.05 Å². The first-order chi connectivity index (χ1) is 21.9. The zero-order valence-corrected chi connectivity index (χ0v) is 24.7. The zero-order valence-electron chi connectivity index (χ0n) is 24.7. The first-order valence-corrected chi connectivity index (χ1v) is 14.9. The van der Waals surface area contributed by atoms with Crippen LogP contribution < -0.4 is 21.1 Å². The summed E-state index contributed by atoms with van der Waals surface area (Å²) in [6.45, 7) is 1.58. The third-order valence-corrected chi connectivity index (χ3v) is 8.42. The second-order valence-electron chi connectivity index (χ2n) is 11.3. The van der Waals surface area contributed by atoms with E-state index in [4.69, 9.17) is 0 Å². The Morgan fingerprint density at radius 1 is 0.733 bits per heavy atom. The van der Waals surface area contributed by atoms with Crippen LogP contribution in [0.15, 0.2) is 108 Å². The van der Waals surface area contributed by atoms with Crippen molar-refractivity contribution >= 4 is 45.4 Å². The number of carbonyl (C=O) groups excluding carboxylic acids is 2. The van der Waals surface area contributed by atoms with E-state index in [0.717, 1.165) is 37.1 Å². The van der Waals surface area contributed by atoms with Crippen molar-refractivity contribution < 1.29 is 14.7 Å². The highest BCUT2D eigenvalue weighted by molar-refractivity contribution is 6.05. The number of nitrogens with zero attached hydrogens (tertiary/aromatic N) is 4. The normalized spacial score (nSPS) is 13.8. The SMILES string of the molecule is Cn1cccc1C(=O)Nc1ccc(-n2c(=O)c3cccn3c3cc(NC(=O)c4ccc(N5CCC(O)CC5)cc4)ccc32)cc1. The van der Waals surface area contributed by atoms with Gasteiger partial charge in [-0.2, -0.15) is 0 Å². The number of nitrogens with one attached hydrogen (secondary N) is 2. The third-order valence-electron chi connectivity index (χ3n) is 8.42. The lowest BCUT2D eigenvalue weighted by Crippen LogP contribution is -2.35. The Morgan fingerprint density at radius 3 is 2.11 bits per heavy atom. The maximum absolute atomic E-state index is 13.6. The van der Waals surface area contributed by atoms with Gasteiger partial charge in [0.05, 0.1) is 17.1 Å². The van der Waals surface area contributed by atoms with E-state index < -0.39 is 0 Å². The number of aromatic nitrogens is 3. The second kappa shape index (κ2) is 11.5. The Kier molecular flexibility index (Phi) is 7.19. The maximum Gasteiger partial charge on any atom is 0.279 e. The standard InChI is InChI=1S/C35H32N6O4/c1-38-18-2-4-30(38)34(44)36-24-8-13-27(14-9-24)41-29-15-10-25(22-32(29)40-19-3-5-31(40)35(41)45)37-33(43)23-6-11-26(12-7-23)39-20-16-28(42)17-21-39/h2-15,18-19,22,28,42H,16-17,20-21H2,1H3,(H,36,44)(H,37,43). The molecule has 0 radical (unpaired) electrons. The molecule has 0 atom stereocenters. The zero-order chi connectivity index (χ0) is 31.1. The molecule has 4 heterocycles. The van der Waals surface area contributed by atoms with E-state index in [0.29, 0.717) is 39.4 Å². The maximum atomic E-state index is 13.6. The van der Waals surface area contributed by atoms with E-state index in [1.165, 1.54) is 0 Å². The van der Waals surface area contributed by atoms with Crippen LogP contribution in [-0.4, -0.2) is 49.6 Å². The number of hydrogen-bond donors (Lipinski definition) is 3. The summed E-state index contributed by atoms with van der Waals surface area (Å²) in [6, 6.07) is 27.2. The predicted molar refractivity (Wildman–Crippen MR) is 176 cm³/mol. The summed E-state index contributed by atoms with van der Waals surface area (Å²) >= 11 is 0. The lowest BCUT2D eigenvalue weighted by atomic mass is 10.1. The van der Waals surface area contributed by atoms with Gasteiger partial charge in [-0.05, 0) is 104 Å². The van der Waals surface area contributed by atoms with Gasteiger partial charge in [0.15, 0.2) is 0 Å². The van der Waals surface area contributed by atoms with Gasteiger partial charge in [0.25, 0.3) is 17.4 Å². The topological polar surface area (TPSA) is 113 Å². The van der Waals surface area contributed by atoms with Gasteiger partial charge in [0, 0.05) is 60.8 Å². The van der Waals surface area contributed by atoms with Crippen molar-refractivity contribution in [2.45, 2.75) is 18.9 Å². The van der Waals surface area contributed by atoms with Gasteiger partial charge in [-0.25, -0.2) is 0 Å². The number of amides is 2. The molecular formula is C35H32N6O4. The number of benzene rings is 3. The van der Waals surface area contributed by atoms with E-state index in [1.807, 2.05) is 72.4 Å². The number of piperidine rings is 1. The van der Waals surface area contributed by atoms with Gasteiger partial charge in [-0.1, -0.05) is 0 Å². The molecule has 1 fully saturated rings. The molecule has 6 aromatic rings. The highest BCUT2D eigenvalue weighted by atomic mass is 16.3. The van der Waals surface area contributed by atoms with Crippen molar-refractivity contribution in [3.8, 4) is 5.69 Å². The van der Waals surface area contributed by atoms with Crippen molar-refractivity contribution in [2.24, 2.45) is 7.05 Å². The third kappa shape index (κ3) is 5.36. The summed E-state index contributed by atoms with van der Waals surface area (Å²) in [5.41, 5.74) is 5.68. The number of aryl methyl sites for hydroxylation is 1. The Balaban J connectivity index is 1.15. The van der Waals surface area contributed by atoms with E-state index in [1.54, 1.807) is 51.6 Å². The van der Waals surface area contributed by atoms with Crippen molar-refractivity contribution in [3.63, 3.8) is 0 Å². The van der Waals surface area contributed by atoms with Gasteiger partial charge in [-0.3, -0.25) is 19.0 Å². The molecule has 2 amide bonds. The predicted octanol–water partition coefficient (Wildman–Crippen LogP) is 5.05. The van der Waals surface area contributed by atoms with E-state index >= 15 is 0 Å². The Hall–Kier alpha value is -5.61. The van der Waals surface area contributed by atoms with Crippen LogP contribution in [0, 0.1) is 0 Å². The average molecular weight is 601 g/mol. The molecule has 0 unspecified atom stereocenters. The minimum absolute atomic E-state index is 0.187. The van der Waals surface area contributed by atoms with Crippen LogP contribution in [0.4, 0.5) is 17.1 Å². The summed E-state index contributed by atoms with van der Waals surface area (Å²) in [5.74, 6) is -0.458. The fourth-order valence-electron chi connectivity index (χ4n) is 5.97. The fraction of sp³-hybridized carbons (Fsp3) is 0.171. The summed E-state index contributed by atoms with van der Waals surface area (Å²) in [4.78, 5) is 41.7. The molecule has 0 spiro atoms. The van der Waals surface area contributed by atoms with E-state index in [9.17, 15) is 19.5 Å². The molecule has 0 aliphatic carbocycles. The molecule has 1 aliphatic heterocycles. The van der Waals surface area contributed by atoms with Crippen LogP contribution in [0.25, 0.3) is 22.2 Å². The number of rotatable bonds is 6. The van der Waals surface area contributed by atoms with Crippen LogP contribution >= 0.6 is 0 Å². The van der Waals surface area contributed by atoms with Crippen molar-refractivity contribution in [3.05, 3.63) is 125 Å². The lowest BCUT2D eigenvalue weighted by Gasteiger charge is -2.31. The van der Waals surface area contributed by atoms with Crippen LogP contribution in [0.5, 0.6) is 0 Å². The van der Waals surface area contributed by atoms with Gasteiger partial charge in [-0.15, -0.1) is 0 Å². The molecule has 1 aliphatic rings. The highest BCUT2D eigenvalue weighted by Crippen LogP contribution is 2.25. The first-order valence-electron chi connectivity index (χ1n) is 14.9. The van der Waals surface area contributed by atoms with E-state index in [-0.39, 0.29) is 23.5 Å². The molecular weight excluding hydrogens is 568 g/mol. The molecule has 45 heavy (non-hydrogen) atoms. The Labute approximate surface area is 258 Å². The minimum atomic E-state index is -0.240. The fourth-order valence-corrected chi connectivity index (χ4v) is 5.97. The Morgan fingerprint density at radius 2 is 1.40 bits per heavy atom. The number of aliphatic hydroxyl groups excluding tert-OH is 1. The quantitative estimate of drug-likeness (QED) is 0.248. The second-order valence-corrected chi connectivity index (χ2v) is 11.3. The summed E-state index contributed by atoms with van der Waals surface area (Å²) in [7, 11) is 1.81. The molecule has 0 bridgehead atoms. The smallest absolute Gasteiger partial charge is 0.279 e. The van der Waals surface area contributed by atoms with Crippen LogP contribution in [0.1, 0.15) is 33.7 Å². The van der Waals surface area contributed by atoms with Gasteiger partial charge in [0.1, 0.15) is 11.2 Å². The largest absolute Gasteiger partial charge is 0.393 e. The number of hydrogen-bond acceptors (Lipinski definition) is 5. The van der Waals surface area contributed by atoms with Crippen LogP contribution in [0.2, 0.25) is 0 Å².